The molecule has 90 valence electrons. The van der Waals surface area contributed by atoms with Crippen LogP contribution < -0.4 is 4.74 Å². The van der Waals surface area contributed by atoms with Gasteiger partial charge < -0.3 is 4.74 Å². The average Bonchev–Trinajstić information content (AvgIpc) is 2.27. The number of benzene rings is 1. The molecule has 0 radical (unpaired) electrons. The molecule has 2 rings (SSSR count). The molecule has 0 aliphatic rings. The van der Waals surface area contributed by atoms with Gasteiger partial charge in [0.15, 0.2) is 0 Å². The number of rotatable bonds is 2. The number of methoxy groups -OCH3 is 1. The molecule has 0 spiro atoms. The van der Waals surface area contributed by atoms with E-state index in [1.54, 1.807) is 32.2 Å². The SMILES string of the molecule is COc1ccc2nc(S(C)(=O)=O)nc(C)c2c1. The molecule has 0 fully saturated rings. The number of hydrogen-bond acceptors (Lipinski definition) is 5. The lowest BCUT2D eigenvalue weighted by Crippen LogP contribution is -2.05. The van der Waals surface area contributed by atoms with Crippen molar-refractivity contribution in [2.24, 2.45) is 0 Å². The zero-order chi connectivity index (χ0) is 12.6. The molecule has 0 saturated carbocycles. The van der Waals surface area contributed by atoms with E-state index in [4.69, 9.17) is 4.74 Å². The van der Waals surface area contributed by atoms with Crippen LogP contribution in [0.1, 0.15) is 5.69 Å². The van der Waals surface area contributed by atoms with E-state index in [-0.39, 0.29) is 5.16 Å². The minimum atomic E-state index is -3.39. The van der Waals surface area contributed by atoms with E-state index in [9.17, 15) is 8.42 Å². The van der Waals surface area contributed by atoms with Gasteiger partial charge in [0.2, 0.25) is 15.0 Å². The molecule has 0 bridgehead atoms. The van der Waals surface area contributed by atoms with Crippen LogP contribution in [0.2, 0.25) is 0 Å². The number of sulfone groups is 1. The largest absolute Gasteiger partial charge is 0.497 e. The van der Waals surface area contributed by atoms with E-state index in [1.165, 1.54) is 0 Å². The van der Waals surface area contributed by atoms with Gasteiger partial charge in [-0.05, 0) is 25.1 Å². The smallest absolute Gasteiger partial charge is 0.247 e. The van der Waals surface area contributed by atoms with Gasteiger partial charge in [-0.1, -0.05) is 0 Å². The van der Waals surface area contributed by atoms with Crippen molar-refractivity contribution in [2.45, 2.75) is 12.1 Å². The fraction of sp³-hybridized carbons (Fsp3) is 0.273. The summed E-state index contributed by atoms with van der Waals surface area (Å²) < 4.78 is 27.9. The van der Waals surface area contributed by atoms with E-state index in [0.29, 0.717) is 17.0 Å². The summed E-state index contributed by atoms with van der Waals surface area (Å²) in [5, 5.41) is 0.643. The maximum absolute atomic E-state index is 11.4. The predicted molar refractivity (Wildman–Crippen MR) is 63.9 cm³/mol. The lowest BCUT2D eigenvalue weighted by Gasteiger charge is -2.06. The van der Waals surface area contributed by atoms with Crippen LogP contribution in [0, 0.1) is 6.92 Å². The Morgan fingerprint density at radius 3 is 2.53 bits per heavy atom. The molecule has 0 aliphatic carbocycles. The highest BCUT2D eigenvalue weighted by Gasteiger charge is 2.13. The number of aryl methyl sites for hydroxylation is 1. The Labute approximate surface area is 99.4 Å². The third kappa shape index (κ3) is 2.21. The molecule has 0 N–H and O–H groups in total. The summed E-state index contributed by atoms with van der Waals surface area (Å²) in [5.74, 6) is 0.691. The molecule has 0 unspecified atom stereocenters. The zero-order valence-corrected chi connectivity index (χ0v) is 10.6. The van der Waals surface area contributed by atoms with Crippen molar-refractivity contribution < 1.29 is 13.2 Å². The van der Waals surface area contributed by atoms with E-state index in [0.717, 1.165) is 11.6 Å². The van der Waals surface area contributed by atoms with Crippen molar-refractivity contribution in [1.29, 1.82) is 0 Å². The first-order valence-corrected chi connectivity index (χ1v) is 6.83. The Balaban J connectivity index is 2.76. The molecule has 0 amide bonds. The Morgan fingerprint density at radius 2 is 1.94 bits per heavy atom. The Morgan fingerprint density at radius 1 is 1.24 bits per heavy atom. The highest BCUT2D eigenvalue weighted by atomic mass is 32.2. The van der Waals surface area contributed by atoms with E-state index in [2.05, 4.69) is 9.97 Å². The number of hydrogen-bond donors (Lipinski definition) is 0. The van der Waals surface area contributed by atoms with Crippen molar-refractivity contribution >= 4 is 20.7 Å². The second-order valence-corrected chi connectivity index (χ2v) is 5.66. The van der Waals surface area contributed by atoms with E-state index < -0.39 is 9.84 Å². The quantitative estimate of drug-likeness (QED) is 0.755. The van der Waals surface area contributed by atoms with Crippen LogP contribution in [0.3, 0.4) is 0 Å². The van der Waals surface area contributed by atoms with Crippen LogP contribution in [0.5, 0.6) is 5.75 Å². The van der Waals surface area contributed by atoms with Gasteiger partial charge in [-0.2, -0.15) is 0 Å². The van der Waals surface area contributed by atoms with Gasteiger partial charge in [-0.3, -0.25) is 0 Å². The molecule has 1 aromatic heterocycles. The molecular weight excluding hydrogens is 240 g/mol. The number of ether oxygens (including phenoxy) is 1. The van der Waals surface area contributed by atoms with Crippen LogP contribution in [-0.2, 0) is 9.84 Å². The van der Waals surface area contributed by atoms with Crippen LogP contribution in [0.15, 0.2) is 23.4 Å². The van der Waals surface area contributed by atoms with Gasteiger partial charge >= 0.3 is 0 Å². The first kappa shape index (κ1) is 11.8. The monoisotopic (exact) mass is 252 g/mol. The molecule has 0 aliphatic heterocycles. The Bertz CT molecular complexity index is 680. The number of nitrogens with zero attached hydrogens (tertiary/aromatic N) is 2. The highest BCUT2D eigenvalue weighted by Crippen LogP contribution is 2.22. The summed E-state index contributed by atoms with van der Waals surface area (Å²) in [6, 6.07) is 5.25. The van der Waals surface area contributed by atoms with Crippen LogP contribution >= 0.6 is 0 Å². The summed E-state index contributed by atoms with van der Waals surface area (Å²) in [6.07, 6.45) is 1.09. The number of aromatic nitrogens is 2. The third-order valence-corrected chi connectivity index (χ3v) is 3.25. The van der Waals surface area contributed by atoms with Crippen molar-refractivity contribution in [3.8, 4) is 5.75 Å². The molecular formula is C11H12N2O3S. The van der Waals surface area contributed by atoms with Crippen molar-refractivity contribution in [3.63, 3.8) is 0 Å². The second kappa shape index (κ2) is 3.96. The fourth-order valence-electron chi connectivity index (χ4n) is 1.53. The van der Waals surface area contributed by atoms with Crippen LogP contribution in [-0.4, -0.2) is 31.8 Å². The van der Waals surface area contributed by atoms with Crippen molar-refractivity contribution in [2.75, 3.05) is 13.4 Å². The zero-order valence-electron chi connectivity index (χ0n) is 9.76. The van der Waals surface area contributed by atoms with Gasteiger partial charge in [-0.15, -0.1) is 0 Å². The summed E-state index contributed by atoms with van der Waals surface area (Å²) in [7, 11) is -1.81. The van der Waals surface area contributed by atoms with Gasteiger partial charge in [0.05, 0.1) is 18.3 Å². The second-order valence-electron chi connectivity index (χ2n) is 3.75. The minimum Gasteiger partial charge on any atom is -0.497 e. The average molecular weight is 252 g/mol. The van der Waals surface area contributed by atoms with Crippen LogP contribution in [0.4, 0.5) is 0 Å². The third-order valence-electron chi connectivity index (χ3n) is 2.40. The Hall–Kier alpha value is -1.69. The lowest BCUT2D eigenvalue weighted by molar-refractivity contribution is 0.415. The molecule has 0 saturated heterocycles. The van der Waals surface area contributed by atoms with Crippen LogP contribution in [0.25, 0.3) is 10.9 Å². The normalized spacial score (nSPS) is 11.7. The maximum atomic E-state index is 11.4. The van der Waals surface area contributed by atoms with E-state index >= 15 is 0 Å². The topological polar surface area (TPSA) is 69.2 Å². The van der Waals surface area contributed by atoms with Gasteiger partial charge in [0.25, 0.3) is 0 Å². The summed E-state index contributed by atoms with van der Waals surface area (Å²) in [5.41, 5.74) is 1.22. The molecule has 5 nitrogen and oxygen atoms in total. The highest BCUT2D eigenvalue weighted by molar-refractivity contribution is 7.90. The molecule has 1 aromatic carbocycles. The lowest BCUT2D eigenvalue weighted by atomic mass is 10.2. The summed E-state index contributed by atoms with van der Waals surface area (Å²) in [4.78, 5) is 8.02. The first-order chi connectivity index (χ1) is 7.91. The van der Waals surface area contributed by atoms with Gasteiger partial charge in [0, 0.05) is 11.6 Å². The fourth-order valence-corrected chi connectivity index (χ4v) is 2.09. The van der Waals surface area contributed by atoms with E-state index in [1.807, 2.05) is 0 Å². The molecule has 2 aromatic rings. The molecule has 6 heteroatoms. The first-order valence-electron chi connectivity index (χ1n) is 4.94. The molecule has 17 heavy (non-hydrogen) atoms. The Kier molecular flexibility index (Phi) is 2.74. The minimum absolute atomic E-state index is 0.146. The summed E-state index contributed by atoms with van der Waals surface area (Å²) >= 11 is 0. The van der Waals surface area contributed by atoms with Gasteiger partial charge in [0.1, 0.15) is 5.75 Å². The number of fused-ring (bicyclic) bond motifs is 1. The van der Waals surface area contributed by atoms with Gasteiger partial charge in [-0.25, -0.2) is 18.4 Å². The maximum Gasteiger partial charge on any atom is 0.247 e. The van der Waals surface area contributed by atoms with Crippen molar-refractivity contribution in [1.82, 2.24) is 9.97 Å². The molecule has 0 atom stereocenters. The summed E-state index contributed by atoms with van der Waals surface area (Å²) in [6.45, 7) is 1.75. The predicted octanol–water partition coefficient (Wildman–Crippen LogP) is 1.35. The molecule has 1 heterocycles. The standard InChI is InChI=1S/C11H12N2O3S/c1-7-9-6-8(16-2)4-5-10(9)13-11(12-7)17(3,14)15/h4-6H,1-3H3. The van der Waals surface area contributed by atoms with Crippen molar-refractivity contribution in [3.05, 3.63) is 23.9 Å².